The SMILES string of the molecule is Cc1cc(C)cc(NC(=O)N2CCCC(Cc3nc(-c4ccccc4F)no3)C2)c1. The maximum absolute atomic E-state index is 13.9. The quantitative estimate of drug-likeness (QED) is 0.661. The van der Waals surface area contributed by atoms with E-state index < -0.39 is 0 Å². The van der Waals surface area contributed by atoms with Gasteiger partial charge in [-0.05, 0) is 68.0 Å². The molecule has 2 heterocycles. The van der Waals surface area contributed by atoms with Crippen molar-refractivity contribution in [3.63, 3.8) is 0 Å². The van der Waals surface area contributed by atoms with Gasteiger partial charge in [-0.15, -0.1) is 0 Å². The molecule has 1 aliphatic rings. The number of aryl methyl sites for hydroxylation is 2. The van der Waals surface area contributed by atoms with Crippen LogP contribution in [0.4, 0.5) is 14.9 Å². The number of rotatable bonds is 4. The summed E-state index contributed by atoms with van der Waals surface area (Å²) in [4.78, 5) is 18.9. The zero-order valence-electron chi connectivity index (χ0n) is 17.2. The average Bonchev–Trinajstić information content (AvgIpc) is 3.16. The number of hydrogen-bond donors (Lipinski definition) is 1. The molecule has 3 aromatic rings. The number of amides is 2. The molecule has 30 heavy (non-hydrogen) atoms. The van der Waals surface area contributed by atoms with Crippen molar-refractivity contribution in [2.24, 2.45) is 5.92 Å². The number of benzene rings is 2. The largest absolute Gasteiger partial charge is 0.339 e. The number of piperidine rings is 1. The van der Waals surface area contributed by atoms with Crippen LogP contribution in [0.2, 0.25) is 0 Å². The Labute approximate surface area is 175 Å². The predicted molar refractivity (Wildman–Crippen MR) is 113 cm³/mol. The van der Waals surface area contributed by atoms with Crippen molar-refractivity contribution in [2.45, 2.75) is 33.1 Å². The molecule has 0 aliphatic carbocycles. The Morgan fingerprint density at radius 3 is 2.77 bits per heavy atom. The number of anilines is 1. The molecule has 2 amide bonds. The molecule has 2 aromatic carbocycles. The van der Waals surface area contributed by atoms with Gasteiger partial charge in [0.2, 0.25) is 11.7 Å². The molecule has 1 fully saturated rings. The number of likely N-dealkylation sites (tertiary alicyclic amines) is 1. The third kappa shape index (κ3) is 4.67. The molecule has 0 spiro atoms. The molecule has 4 rings (SSSR count). The number of nitrogens with one attached hydrogen (secondary N) is 1. The summed E-state index contributed by atoms with van der Waals surface area (Å²) in [6, 6.07) is 12.3. The van der Waals surface area contributed by atoms with Crippen molar-refractivity contribution in [2.75, 3.05) is 18.4 Å². The molecular weight excluding hydrogens is 383 g/mol. The lowest BCUT2D eigenvalue weighted by molar-refractivity contribution is 0.173. The van der Waals surface area contributed by atoms with Crippen molar-refractivity contribution in [1.82, 2.24) is 15.0 Å². The first-order valence-electron chi connectivity index (χ1n) is 10.2. The van der Waals surface area contributed by atoms with E-state index in [2.05, 4.69) is 21.5 Å². The monoisotopic (exact) mass is 408 g/mol. The lowest BCUT2D eigenvalue weighted by Gasteiger charge is -2.32. The fraction of sp³-hybridized carbons (Fsp3) is 0.348. The maximum atomic E-state index is 13.9. The number of halogens is 1. The molecule has 7 heteroatoms. The molecular formula is C23H25FN4O2. The summed E-state index contributed by atoms with van der Waals surface area (Å²) >= 11 is 0. The van der Waals surface area contributed by atoms with Crippen LogP contribution in [0.1, 0.15) is 29.9 Å². The maximum Gasteiger partial charge on any atom is 0.321 e. The molecule has 1 aliphatic heterocycles. The topological polar surface area (TPSA) is 71.3 Å². The number of urea groups is 1. The molecule has 1 saturated heterocycles. The molecule has 0 saturated carbocycles. The molecule has 1 atom stereocenters. The van der Waals surface area contributed by atoms with Gasteiger partial charge in [0.25, 0.3) is 0 Å². The van der Waals surface area contributed by atoms with Gasteiger partial charge in [-0.3, -0.25) is 0 Å². The standard InChI is InChI=1S/C23H25FN4O2/c1-15-10-16(2)12-18(11-15)25-23(29)28-9-5-6-17(14-28)13-21-26-22(27-30-21)19-7-3-4-8-20(19)24/h3-4,7-8,10-12,17H,5-6,9,13-14H2,1-2H3,(H,25,29). The molecule has 1 unspecified atom stereocenters. The number of hydrogen-bond acceptors (Lipinski definition) is 4. The summed E-state index contributed by atoms with van der Waals surface area (Å²) in [5, 5.41) is 6.92. The van der Waals surface area contributed by atoms with E-state index in [1.165, 1.54) is 6.07 Å². The fourth-order valence-electron chi connectivity index (χ4n) is 4.00. The Kier molecular flexibility index (Phi) is 5.79. The minimum atomic E-state index is -0.378. The van der Waals surface area contributed by atoms with Crippen LogP contribution < -0.4 is 5.32 Å². The Hall–Kier alpha value is -3.22. The van der Waals surface area contributed by atoms with E-state index in [0.717, 1.165) is 36.2 Å². The van der Waals surface area contributed by atoms with Crippen molar-refractivity contribution in [3.05, 3.63) is 65.3 Å². The van der Waals surface area contributed by atoms with Crippen LogP contribution in [-0.2, 0) is 6.42 Å². The summed E-state index contributed by atoms with van der Waals surface area (Å²) in [5.74, 6) is 0.563. The van der Waals surface area contributed by atoms with E-state index in [0.29, 0.717) is 24.4 Å². The third-order valence-electron chi connectivity index (χ3n) is 5.33. The Morgan fingerprint density at radius 1 is 1.23 bits per heavy atom. The van der Waals surface area contributed by atoms with E-state index in [-0.39, 0.29) is 23.6 Å². The minimum Gasteiger partial charge on any atom is -0.339 e. The first-order valence-corrected chi connectivity index (χ1v) is 10.2. The van der Waals surface area contributed by atoms with Crippen molar-refractivity contribution < 1.29 is 13.7 Å². The molecule has 1 N–H and O–H groups in total. The van der Waals surface area contributed by atoms with E-state index in [9.17, 15) is 9.18 Å². The average molecular weight is 408 g/mol. The van der Waals surface area contributed by atoms with E-state index in [1.54, 1.807) is 18.2 Å². The normalized spacial score (nSPS) is 16.5. The molecule has 0 bridgehead atoms. The summed E-state index contributed by atoms with van der Waals surface area (Å²) in [6.45, 7) is 5.37. The van der Waals surface area contributed by atoms with Gasteiger partial charge in [-0.2, -0.15) is 4.98 Å². The minimum absolute atomic E-state index is 0.0951. The highest BCUT2D eigenvalue weighted by atomic mass is 19.1. The zero-order valence-corrected chi connectivity index (χ0v) is 17.2. The van der Waals surface area contributed by atoms with Crippen LogP contribution in [0.25, 0.3) is 11.4 Å². The smallest absolute Gasteiger partial charge is 0.321 e. The molecule has 1 aromatic heterocycles. The van der Waals surface area contributed by atoms with E-state index >= 15 is 0 Å². The van der Waals surface area contributed by atoms with Crippen LogP contribution in [-0.4, -0.2) is 34.2 Å². The molecule has 6 nitrogen and oxygen atoms in total. The van der Waals surface area contributed by atoms with Crippen molar-refractivity contribution >= 4 is 11.7 Å². The number of carbonyl (C=O) groups excluding carboxylic acids is 1. The van der Waals surface area contributed by atoms with E-state index in [4.69, 9.17) is 4.52 Å². The first-order chi connectivity index (χ1) is 14.5. The summed E-state index contributed by atoms with van der Waals surface area (Å²) in [5.41, 5.74) is 3.37. The van der Waals surface area contributed by atoms with Gasteiger partial charge in [-0.1, -0.05) is 23.4 Å². The Morgan fingerprint density at radius 2 is 2.00 bits per heavy atom. The van der Waals surface area contributed by atoms with Gasteiger partial charge in [0.15, 0.2) is 0 Å². The van der Waals surface area contributed by atoms with Gasteiger partial charge in [0.05, 0.1) is 5.56 Å². The number of carbonyl (C=O) groups is 1. The lowest BCUT2D eigenvalue weighted by atomic mass is 9.95. The highest BCUT2D eigenvalue weighted by Crippen LogP contribution is 2.24. The van der Waals surface area contributed by atoms with E-state index in [1.807, 2.05) is 30.9 Å². The van der Waals surface area contributed by atoms with Crippen LogP contribution in [0, 0.1) is 25.6 Å². The molecule has 0 radical (unpaired) electrons. The second kappa shape index (κ2) is 8.65. The third-order valence-corrected chi connectivity index (χ3v) is 5.33. The predicted octanol–water partition coefficient (Wildman–Crippen LogP) is 4.98. The summed E-state index contributed by atoms with van der Waals surface area (Å²) < 4.78 is 19.3. The fourth-order valence-corrected chi connectivity index (χ4v) is 4.00. The van der Waals surface area contributed by atoms with Crippen LogP contribution in [0.3, 0.4) is 0 Å². The highest BCUT2D eigenvalue weighted by molar-refractivity contribution is 5.89. The summed E-state index contributed by atoms with van der Waals surface area (Å²) in [6.07, 6.45) is 2.46. The second-order valence-electron chi connectivity index (χ2n) is 7.96. The molecule has 156 valence electrons. The van der Waals surface area contributed by atoms with Crippen molar-refractivity contribution in [3.8, 4) is 11.4 Å². The van der Waals surface area contributed by atoms with Gasteiger partial charge < -0.3 is 14.7 Å². The van der Waals surface area contributed by atoms with Gasteiger partial charge in [-0.25, -0.2) is 9.18 Å². The van der Waals surface area contributed by atoms with Crippen molar-refractivity contribution in [1.29, 1.82) is 0 Å². The van der Waals surface area contributed by atoms with Crippen LogP contribution in [0.5, 0.6) is 0 Å². The summed E-state index contributed by atoms with van der Waals surface area (Å²) in [7, 11) is 0. The van der Waals surface area contributed by atoms with Crippen LogP contribution >= 0.6 is 0 Å². The number of nitrogens with zero attached hydrogens (tertiary/aromatic N) is 3. The van der Waals surface area contributed by atoms with Gasteiger partial charge in [0.1, 0.15) is 5.82 Å². The zero-order chi connectivity index (χ0) is 21.1. The Bertz CT molecular complexity index is 1030. The second-order valence-corrected chi connectivity index (χ2v) is 7.96. The van der Waals surface area contributed by atoms with Gasteiger partial charge >= 0.3 is 6.03 Å². The highest BCUT2D eigenvalue weighted by Gasteiger charge is 2.26. The van der Waals surface area contributed by atoms with Crippen LogP contribution in [0.15, 0.2) is 47.0 Å². The van der Waals surface area contributed by atoms with Gasteiger partial charge in [0, 0.05) is 25.2 Å². The number of aromatic nitrogens is 2. The lowest BCUT2D eigenvalue weighted by Crippen LogP contribution is -2.42. The first kappa shape index (κ1) is 20.1. The Balaban J connectivity index is 1.38.